The Bertz CT molecular complexity index is 280. The molecule has 3 nitrogen and oxygen atoms in total. The van der Waals surface area contributed by atoms with Crippen molar-refractivity contribution < 1.29 is 5.11 Å². The first kappa shape index (κ1) is 15.3. The fourth-order valence-electron chi connectivity index (χ4n) is 3.18. The van der Waals surface area contributed by atoms with Crippen molar-refractivity contribution in [1.29, 1.82) is 0 Å². The van der Waals surface area contributed by atoms with E-state index in [0.29, 0.717) is 5.41 Å². The van der Waals surface area contributed by atoms with Gasteiger partial charge in [-0.3, -0.25) is 4.90 Å². The first-order valence-electron chi connectivity index (χ1n) is 8.03. The van der Waals surface area contributed by atoms with E-state index in [1.54, 1.807) is 0 Å². The molecular weight excluding hydrogens is 236 g/mol. The largest absolute Gasteiger partial charge is 0.394 e. The minimum atomic E-state index is -0.107. The first-order chi connectivity index (χ1) is 8.97. The predicted molar refractivity (Wildman–Crippen MR) is 80.3 cm³/mol. The highest BCUT2D eigenvalue weighted by atomic mass is 16.3. The van der Waals surface area contributed by atoms with Crippen LogP contribution in [0.2, 0.25) is 0 Å². The molecule has 0 bridgehead atoms. The van der Waals surface area contributed by atoms with Crippen molar-refractivity contribution in [3.8, 4) is 0 Å². The molecule has 2 aliphatic rings. The third-order valence-corrected chi connectivity index (χ3v) is 5.25. The molecule has 19 heavy (non-hydrogen) atoms. The average molecular weight is 268 g/mol. The van der Waals surface area contributed by atoms with Gasteiger partial charge in [0.05, 0.1) is 6.61 Å². The standard InChI is InChI=1S/C16H32N2O/c1-15(2,13-19)18(3)12-16(9-5-4-6-10-16)11-17-14-7-8-14/h14,17,19H,4-13H2,1-3H3. The molecule has 2 saturated carbocycles. The van der Waals surface area contributed by atoms with E-state index in [4.69, 9.17) is 0 Å². The second-order valence-corrected chi connectivity index (χ2v) is 7.54. The minimum absolute atomic E-state index is 0.107. The summed E-state index contributed by atoms with van der Waals surface area (Å²) in [5.74, 6) is 0. The molecule has 0 unspecified atom stereocenters. The highest BCUT2D eigenvalue weighted by molar-refractivity contribution is 4.93. The van der Waals surface area contributed by atoms with Crippen molar-refractivity contribution in [3.63, 3.8) is 0 Å². The van der Waals surface area contributed by atoms with E-state index >= 15 is 0 Å². The van der Waals surface area contributed by atoms with E-state index in [1.807, 2.05) is 0 Å². The number of nitrogens with one attached hydrogen (secondary N) is 1. The van der Waals surface area contributed by atoms with Crippen molar-refractivity contribution in [2.24, 2.45) is 5.41 Å². The lowest BCUT2D eigenvalue weighted by Gasteiger charge is -2.45. The number of likely N-dealkylation sites (N-methyl/N-ethyl adjacent to an activating group) is 1. The van der Waals surface area contributed by atoms with Crippen LogP contribution < -0.4 is 5.32 Å². The summed E-state index contributed by atoms with van der Waals surface area (Å²) in [4.78, 5) is 2.37. The molecule has 0 aromatic heterocycles. The smallest absolute Gasteiger partial charge is 0.0609 e. The maximum Gasteiger partial charge on any atom is 0.0609 e. The Hall–Kier alpha value is -0.120. The van der Waals surface area contributed by atoms with Gasteiger partial charge in [-0.05, 0) is 52.0 Å². The topological polar surface area (TPSA) is 35.5 Å². The zero-order valence-corrected chi connectivity index (χ0v) is 13.0. The van der Waals surface area contributed by atoms with Crippen LogP contribution >= 0.6 is 0 Å². The van der Waals surface area contributed by atoms with Crippen LogP contribution in [0, 0.1) is 5.41 Å². The Labute approximate surface area is 118 Å². The fourth-order valence-corrected chi connectivity index (χ4v) is 3.18. The van der Waals surface area contributed by atoms with Crippen LogP contribution in [0.1, 0.15) is 58.8 Å². The number of aliphatic hydroxyl groups is 1. The third kappa shape index (κ3) is 4.17. The molecule has 2 aliphatic carbocycles. The number of aliphatic hydroxyl groups excluding tert-OH is 1. The summed E-state index contributed by atoms with van der Waals surface area (Å²) >= 11 is 0. The van der Waals surface area contributed by atoms with Gasteiger partial charge < -0.3 is 10.4 Å². The Balaban J connectivity index is 1.95. The van der Waals surface area contributed by atoms with Crippen LogP contribution in [0.25, 0.3) is 0 Å². The molecule has 0 aliphatic heterocycles. The summed E-state index contributed by atoms with van der Waals surface area (Å²) in [6.07, 6.45) is 9.58. The Morgan fingerprint density at radius 2 is 1.84 bits per heavy atom. The molecule has 0 spiro atoms. The van der Waals surface area contributed by atoms with Gasteiger partial charge in [0, 0.05) is 24.7 Å². The molecule has 2 rings (SSSR count). The lowest BCUT2D eigenvalue weighted by atomic mass is 9.73. The van der Waals surface area contributed by atoms with Crippen LogP contribution in [-0.2, 0) is 0 Å². The van der Waals surface area contributed by atoms with Crippen LogP contribution in [0.15, 0.2) is 0 Å². The van der Waals surface area contributed by atoms with Gasteiger partial charge >= 0.3 is 0 Å². The van der Waals surface area contributed by atoms with Gasteiger partial charge in [-0.25, -0.2) is 0 Å². The van der Waals surface area contributed by atoms with Crippen LogP contribution in [0.3, 0.4) is 0 Å². The van der Waals surface area contributed by atoms with E-state index < -0.39 is 0 Å². The van der Waals surface area contributed by atoms with Crippen molar-refractivity contribution in [3.05, 3.63) is 0 Å². The second-order valence-electron chi connectivity index (χ2n) is 7.54. The molecular formula is C16H32N2O. The first-order valence-corrected chi connectivity index (χ1v) is 8.03. The molecule has 0 aromatic rings. The number of hydrogen-bond acceptors (Lipinski definition) is 3. The number of rotatable bonds is 7. The van der Waals surface area contributed by atoms with E-state index in [0.717, 1.165) is 12.6 Å². The summed E-state index contributed by atoms with van der Waals surface area (Å²) in [6.45, 7) is 6.79. The Morgan fingerprint density at radius 3 is 2.37 bits per heavy atom. The van der Waals surface area contributed by atoms with Crippen LogP contribution in [0.4, 0.5) is 0 Å². The molecule has 112 valence electrons. The number of nitrogens with zero attached hydrogens (tertiary/aromatic N) is 1. The maximum absolute atomic E-state index is 9.55. The van der Waals surface area contributed by atoms with Gasteiger partial charge in [-0.1, -0.05) is 19.3 Å². The highest BCUT2D eigenvalue weighted by Crippen LogP contribution is 2.38. The van der Waals surface area contributed by atoms with Crippen molar-refractivity contribution in [2.45, 2.75) is 70.4 Å². The lowest BCUT2D eigenvalue weighted by molar-refractivity contribution is 0.0257. The third-order valence-electron chi connectivity index (χ3n) is 5.25. The van der Waals surface area contributed by atoms with Crippen LogP contribution in [0.5, 0.6) is 0 Å². The molecule has 3 heteroatoms. The van der Waals surface area contributed by atoms with E-state index in [1.165, 1.54) is 51.5 Å². The monoisotopic (exact) mass is 268 g/mol. The van der Waals surface area contributed by atoms with E-state index in [-0.39, 0.29) is 12.1 Å². The molecule has 2 N–H and O–H groups in total. The van der Waals surface area contributed by atoms with Gasteiger partial charge in [-0.2, -0.15) is 0 Å². The van der Waals surface area contributed by atoms with Gasteiger partial charge in [0.2, 0.25) is 0 Å². The van der Waals surface area contributed by atoms with Crippen molar-refractivity contribution in [2.75, 3.05) is 26.7 Å². The molecule has 0 heterocycles. The average Bonchev–Trinajstić information content (AvgIpc) is 3.21. The quantitative estimate of drug-likeness (QED) is 0.744. The predicted octanol–water partition coefficient (Wildman–Crippen LogP) is 2.39. The Kier molecular flexibility index (Phi) is 4.91. The molecule has 0 saturated heterocycles. The zero-order valence-electron chi connectivity index (χ0n) is 13.0. The van der Waals surface area contributed by atoms with Gasteiger partial charge in [0.1, 0.15) is 0 Å². The second kappa shape index (κ2) is 6.11. The van der Waals surface area contributed by atoms with Gasteiger partial charge in [-0.15, -0.1) is 0 Å². The lowest BCUT2D eigenvalue weighted by Crippen LogP contribution is -2.52. The Morgan fingerprint density at radius 1 is 1.21 bits per heavy atom. The summed E-state index contributed by atoms with van der Waals surface area (Å²) in [5.41, 5.74) is 0.325. The molecule has 0 radical (unpaired) electrons. The zero-order chi connectivity index (χ0) is 13.9. The molecule has 0 atom stereocenters. The summed E-state index contributed by atoms with van der Waals surface area (Å²) in [5, 5.41) is 13.3. The minimum Gasteiger partial charge on any atom is -0.394 e. The maximum atomic E-state index is 9.55. The summed E-state index contributed by atoms with van der Waals surface area (Å²) < 4.78 is 0. The molecule has 0 amide bonds. The van der Waals surface area contributed by atoms with E-state index in [9.17, 15) is 5.11 Å². The highest BCUT2D eigenvalue weighted by Gasteiger charge is 2.37. The SMILES string of the molecule is CN(CC1(CNC2CC2)CCCCC1)C(C)(C)CO. The normalized spacial score (nSPS) is 23.8. The molecule has 2 fully saturated rings. The van der Waals surface area contributed by atoms with Crippen molar-refractivity contribution in [1.82, 2.24) is 10.2 Å². The van der Waals surface area contributed by atoms with Gasteiger partial charge in [0.15, 0.2) is 0 Å². The molecule has 0 aromatic carbocycles. The van der Waals surface area contributed by atoms with Crippen LogP contribution in [-0.4, -0.2) is 48.3 Å². The fraction of sp³-hybridized carbons (Fsp3) is 1.00. The van der Waals surface area contributed by atoms with E-state index in [2.05, 4.69) is 31.1 Å². The van der Waals surface area contributed by atoms with Crippen molar-refractivity contribution >= 4 is 0 Å². The summed E-state index contributed by atoms with van der Waals surface area (Å²) in [7, 11) is 2.17. The number of hydrogen-bond donors (Lipinski definition) is 2. The summed E-state index contributed by atoms with van der Waals surface area (Å²) in [6, 6.07) is 0.801. The van der Waals surface area contributed by atoms with Gasteiger partial charge in [0.25, 0.3) is 0 Å².